The molecule has 6 nitrogen and oxygen atoms in total. The Morgan fingerprint density at radius 2 is 2.25 bits per heavy atom. The lowest BCUT2D eigenvalue weighted by Crippen LogP contribution is -2.66. The summed E-state index contributed by atoms with van der Waals surface area (Å²) in [5.41, 5.74) is -0.944. The van der Waals surface area contributed by atoms with Gasteiger partial charge in [0.05, 0.1) is 24.7 Å². The largest absolute Gasteiger partial charge is 0.458 e. The molecule has 2 saturated heterocycles. The van der Waals surface area contributed by atoms with E-state index in [1.807, 2.05) is 19.9 Å². The second-order valence-electron chi connectivity index (χ2n) is 7.72. The molecule has 0 aromatic heterocycles. The van der Waals surface area contributed by atoms with E-state index in [2.05, 4.69) is 0 Å². The molecule has 24 heavy (non-hydrogen) atoms. The summed E-state index contributed by atoms with van der Waals surface area (Å²) in [5, 5.41) is 21.2. The summed E-state index contributed by atoms with van der Waals surface area (Å²) < 4.78 is 17.6. The summed E-state index contributed by atoms with van der Waals surface area (Å²) in [5.74, 6) is -0.870. The van der Waals surface area contributed by atoms with Crippen LogP contribution in [0.25, 0.3) is 0 Å². The summed E-state index contributed by atoms with van der Waals surface area (Å²) in [4.78, 5) is 11.9. The van der Waals surface area contributed by atoms with E-state index < -0.39 is 40.7 Å². The third kappa shape index (κ3) is 1.73. The molecule has 2 aliphatic carbocycles. The van der Waals surface area contributed by atoms with Crippen LogP contribution in [0.2, 0.25) is 0 Å². The molecule has 0 aromatic rings. The zero-order chi connectivity index (χ0) is 17.3. The molecule has 2 bridgehead atoms. The summed E-state index contributed by atoms with van der Waals surface area (Å²) >= 11 is 5.60. The lowest BCUT2D eigenvalue weighted by Gasteiger charge is -2.57. The van der Waals surface area contributed by atoms with Gasteiger partial charge in [0, 0.05) is 5.41 Å². The maximum Gasteiger partial charge on any atom is 0.321 e. The fourth-order valence-corrected chi connectivity index (χ4v) is 5.45. The van der Waals surface area contributed by atoms with Crippen molar-refractivity contribution in [1.82, 2.24) is 0 Å². The van der Waals surface area contributed by atoms with Crippen LogP contribution < -0.4 is 0 Å². The average molecular weight is 359 g/mol. The number of rotatable bonds is 3. The van der Waals surface area contributed by atoms with Gasteiger partial charge in [-0.15, -0.1) is 11.6 Å². The van der Waals surface area contributed by atoms with Crippen LogP contribution in [0.15, 0.2) is 11.6 Å². The van der Waals surface area contributed by atoms with E-state index >= 15 is 0 Å². The van der Waals surface area contributed by atoms with E-state index in [1.54, 1.807) is 0 Å². The van der Waals surface area contributed by atoms with Gasteiger partial charge in [0.15, 0.2) is 0 Å². The smallest absolute Gasteiger partial charge is 0.321 e. The number of halogens is 1. The Bertz CT molecular complexity index is 602. The number of allylic oxidation sites excluding steroid dienone is 1. The molecule has 7 heteroatoms. The number of aliphatic hydroxyl groups excluding tert-OH is 2. The van der Waals surface area contributed by atoms with Gasteiger partial charge in [0.2, 0.25) is 0 Å². The second kappa shape index (κ2) is 5.17. The zero-order valence-electron chi connectivity index (χ0n) is 13.8. The average Bonchev–Trinajstić information content (AvgIpc) is 3.35. The molecule has 4 rings (SSSR count). The Morgan fingerprint density at radius 3 is 2.83 bits per heavy atom. The Hall–Kier alpha value is -0.660. The normalized spacial score (nSPS) is 52.0. The molecule has 0 aromatic carbocycles. The Labute approximate surface area is 145 Å². The molecular formula is C17H23ClO6. The summed E-state index contributed by atoms with van der Waals surface area (Å²) in [6, 6.07) is 0. The van der Waals surface area contributed by atoms with Crippen LogP contribution in [0, 0.1) is 10.8 Å². The van der Waals surface area contributed by atoms with Crippen LogP contribution in [0.4, 0.5) is 0 Å². The predicted molar refractivity (Wildman–Crippen MR) is 84.6 cm³/mol. The monoisotopic (exact) mass is 358 g/mol. The van der Waals surface area contributed by atoms with Gasteiger partial charge < -0.3 is 24.4 Å². The highest BCUT2D eigenvalue weighted by atomic mass is 35.5. The van der Waals surface area contributed by atoms with Gasteiger partial charge in [0.25, 0.3) is 0 Å². The molecule has 134 valence electrons. The molecule has 1 saturated carbocycles. The molecule has 0 radical (unpaired) electrons. The quantitative estimate of drug-likeness (QED) is 0.335. The molecular weight excluding hydrogens is 336 g/mol. The summed E-state index contributed by atoms with van der Waals surface area (Å²) in [6.45, 7) is 4.29. The number of epoxide rings is 1. The molecule has 2 heterocycles. The first-order chi connectivity index (χ1) is 11.4. The first kappa shape index (κ1) is 16.8. The number of carbonyl (C=O) groups is 1. The zero-order valence-corrected chi connectivity index (χ0v) is 14.6. The Morgan fingerprint density at radius 1 is 1.54 bits per heavy atom. The fourth-order valence-electron chi connectivity index (χ4n) is 5.39. The molecule has 7 atom stereocenters. The summed E-state index contributed by atoms with van der Waals surface area (Å²) in [6.07, 6.45) is 0.791. The maximum absolute atomic E-state index is 11.9. The molecule has 2 aliphatic heterocycles. The highest BCUT2D eigenvalue weighted by Crippen LogP contribution is 2.71. The van der Waals surface area contributed by atoms with E-state index in [9.17, 15) is 15.0 Å². The molecule has 1 unspecified atom stereocenters. The van der Waals surface area contributed by atoms with Crippen molar-refractivity contribution in [1.29, 1.82) is 0 Å². The number of fused-ring (bicyclic) bond motifs is 2. The van der Waals surface area contributed by atoms with E-state index in [0.717, 1.165) is 6.42 Å². The topological polar surface area (TPSA) is 88.5 Å². The number of ether oxygens (including phenoxy) is 3. The van der Waals surface area contributed by atoms with Gasteiger partial charge >= 0.3 is 5.97 Å². The Kier molecular flexibility index (Phi) is 3.62. The second-order valence-corrected chi connectivity index (χ2v) is 7.99. The molecule has 2 N–H and O–H groups in total. The number of hydrogen-bond donors (Lipinski definition) is 2. The van der Waals surface area contributed by atoms with Gasteiger partial charge in [-0.2, -0.15) is 0 Å². The minimum atomic E-state index is -1.01. The van der Waals surface area contributed by atoms with Gasteiger partial charge in [-0.1, -0.05) is 18.6 Å². The maximum atomic E-state index is 11.9. The predicted octanol–water partition coefficient (Wildman–Crippen LogP) is 0.773. The number of hydrogen-bond acceptors (Lipinski definition) is 6. The van der Waals surface area contributed by atoms with Gasteiger partial charge in [0.1, 0.15) is 29.8 Å². The van der Waals surface area contributed by atoms with E-state index in [-0.39, 0.29) is 18.6 Å². The third-order valence-electron chi connectivity index (χ3n) is 6.91. The van der Waals surface area contributed by atoms with E-state index in [1.165, 1.54) is 5.57 Å². The van der Waals surface area contributed by atoms with Crippen LogP contribution in [0.5, 0.6) is 0 Å². The number of carbonyl (C=O) groups excluding carboxylic acids is 1. The lowest BCUT2D eigenvalue weighted by atomic mass is 9.51. The number of aliphatic hydroxyl groups is 2. The fraction of sp³-hybridized carbons (Fsp3) is 0.824. The highest BCUT2D eigenvalue weighted by Gasteiger charge is 2.85. The van der Waals surface area contributed by atoms with Crippen molar-refractivity contribution in [3.05, 3.63) is 11.6 Å². The van der Waals surface area contributed by atoms with Crippen molar-refractivity contribution in [2.45, 2.75) is 56.7 Å². The standard InChI is InChI=1S/C17H23ClO6/c1-9-3-4-16(7-19)10(5-9)23-14-12(21)13(24-11(20)6-18)15(16,2)17(14)8-22-17/h5,10,12-14,19,21H,3-4,6-8H2,1-2H3/t10-,12-,13?,14-,15-,16-,17+/m1/s1. The third-order valence-corrected chi connectivity index (χ3v) is 7.12. The van der Waals surface area contributed by atoms with Crippen molar-refractivity contribution in [2.75, 3.05) is 19.1 Å². The van der Waals surface area contributed by atoms with Crippen molar-refractivity contribution >= 4 is 17.6 Å². The van der Waals surface area contributed by atoms with Crippen LogP contribution in [-0.2, 0) is 19.0 Å². The van der Waals surface area contributed by atoms with Crippen LogP contribution >= 0.6 is 11.6 Å². The molecule has 1 spiro atoms. The van der Waals surface area contributed by atoms with E-state index in [0.29, 0.717) is 13.0 Å². The first-order valence-electron chi connectivity index (χ1n) is 8.37. The minimum Gasteiger partial charge on any atom is -0.458 e. The van der Waals surface area contributed by atoms with E-state index in [4.69, 9.17) is 25.8 Å². The van der Waals surface area contributed by atoms with Crippen molar-refractivity contribution in [3.8, 4) is 0 Å². The van der Waals surface area contributed by atoms with Gasteiger partial charge in [-0.05, 0) is 19.8 Å². The van der Waals surface area contributed by atoms with Crippen molar-refractivity contribution < 1.29 is 29.2 Å². The van der Waals surface area contributed by atoms with Crippen LogP contribution in [-0.4, -0.2) is 65.3 Å². The van der Waals surface area contributed by atoms with Crippen molar-refractivity contribution in [3.63, 3.8) is 0 Å². The first-order valence-corrected chi connectivity index (χ1v) is 8.91. The minimum absolute atomic E-state index is 0.128. The molecule has 0 amide bonds. The van der Waals surface area contributed by atoms with Crippen LogP contribution in [0.1, 0.15) is 26.7 Å². The lowest BCUT2D eigenvalue weighted by molar-refractivity contribution is -0.229. The van der Waals surface area contributed by atoms with Gasteiger partial charge in [-0.3, -0.25) is 4.79 Å². The number of alkyl halides is 1. The molecule has 4 aliphatic rings. The highest BCUT2D eigenvalue weighted by molar-refractivity contribution is 6.26. The Balaban J connectivity index is 1.85. The van der Waals surface area contributed by atoms with Gasteiger partial charge in [-0.25, -0.2) is 0 Å². The van der Waals surface area contributed by atoms with Crippen molar-refractivity contribution in [2.24, 2.45) is 10.8 Å². The molecule has 3 fully saturated rings. The SMILES string of the molecule is CC1=C[C@H]2O[C@@H]3[C@H](O)C(OC(=O)CCl)[C@](C)([C@@]2(CO)CC1)[C@]31CO1. The number of esters is 1. The summed E-state index contributed by atoms with van der Waals surface area (Å²) in [7, 11) is 0. The van der Waals surface area contributed by atoms with Crippen LogP contribution in [0.3, 0.4) is 0 Å².